The van der Waals surface area contributed by atoms with Crippen LogP contribution < -0.4 is 14.8 Å². The van der Waals surface area contributed by atoms with E-state index in [9.17, 15) is 9.59 Å². The van der Waals surface area contributed by atoms with Gasteiger partial charge >= 0.3 is 0 Å². The number of amides is 2. The number of nitrogens with one attached hydrogen (secondary N) is 1. The number of hydrogen-bond donors (Lipinski definition) is 1. The number of ether oxygens (including phenoxy) is 2. The number of halogens is 1. The molecule has 0 radical (unpaired) electrons. The SMILES string of the molecule is CCN(CC)C(=O)c1ccccc1NC(=O)c1cc(Cl)c2c(c1)OCO2. The van der Waals surface area contributed by atoms with Crippen LogP contribution in [-0.4, -0.2) is 36.6 Å². The van der Waals surface area contributed by atoms with E-state index in [-0.39, 0.29) is 18.6 Å². The summed E-state index contributed by atoms with van der Waals surface area (Å²) in [5.74, 6) is 0.343. The first-order valence-electron chi connectivity index (χ1n) is 8.34. The summed E-state index contributed by atoms with van der Waals surface area (Å²) in [5.41, 5.74) is 1.21. The van der Waals surface area contributed by atoms with Crippen LogP contribution in [0.4, 0.5) is 5.69 Å². The second-order valence-corrected chi connectivity index (χ2v) is 6.08. The number of carbonyl (C=O) groups excluding carboxylic acids is 2. The maximum Gasteiger partial charge on any atom is 0.255 e. The summed E-state index contributed by atoms with van der Waals surface area (Å²) >= 11 is 6.14. The van der Waals surface area contributed by atoms with Gasteiger partial charge in [0.25, 0.3) is 11.8 Å². The van der Waals surface area contributed by atoms with E-state index >= 15 is 0 Å². The standard InChI is InChI=1S/C19H19ClN2O4/c1-3-22(4-2)19(24)13-7-5-6-8-15(13)21-18(23)12-9-14(20)17-16(10-12)25-11-26-17/h5-10H,3-4,11H2,1-2H3,(H,21,23). The normalized spacial score (nSPS) is 12.0. The topological polar surface area (TPSA) is 67.9 Å². The lowest BCUT2D eigenvalue weighted by Gasteiger charge is -2.20. The number of benzene rings is 2. The van der Waals surface area contributed by atoms with Gasteiger partial charge in [0.15, 0.2) is 11.5 Å². The zero-order valence-corrected chi connectivity index (χ0v) is 15.3. The molecule has 7 heteroatoms. The van der Waals surface area contributed by atoms with Crippen LogP contribution in [0.2, 0.25) is 5.02 Å². The van der Waals surface area contributed by atoms with Gasteiger partial charge in [-0.1, -0.05) is 23.7 Å². The Hall–Kier alpha value is -2.73. The lowest BCUT2D eigenvalue weighted by Crippen LogP contribution is -2.31. The molecular weight excluding hydrogens is 356 g/mol. The first kappa shape index (κ1) is 18.1. The number of rotatable bonds is 5. The molecule has 0 unspecified atom stereocenters. The molecule has 0 aromatic heterocycles. The smallest absolute Gasteiger partial charge is 0.255 e. The molecule has 1 aliphatic rings. The molecule has 0 aliphatic carbocycles. The van der Waals surface area contributed by atoms with Gasteiger partial charge in [0.2, 0.25) is 6.79 Å². The van der Waals surface area contributed by atoms with E-state index in [0.29, 0.717) is 46.4 Å². The lowest BCUT2D eigenvalue weighted by atomic mass is 10.1. The Balaban J connectivity index is 1.87. The van der Waals surface area contributed by atoms with Gasteiger partial charge in [0.1, 0.15) is 0 Å². The molecule has 6 nitrogen and oxygen atoms in total. The predicted molar refractivity (Wildman–Crippen MR) is 99.2 cm³/mol. The van der Waals surface area contributed by atoms with E-state index in [1.807, 2.05) is 13.8 Å². The Morgan fingerprint density at radius 1 is 1.15 bits per heavy atom. The summed E-state index contributed by atoms with van der Waals surface area (Å²) in [5, 5.41) is 3.09. The van der Waals surface area contributed by atoms with E-state index in [2.05, 4.69) is 5.32 Å². The number of hydrogen-bond acceptors (Lipinski definition) is 4. The van der Waals surface area contributed by atoms with Gasteiger partial charge in [0.05, 0.1) is 16.3 Å². The van der Waals surface area contributed by atoms with Crippen LogP contribution in [0.25, 0.3) is 0 Å². The Bertz CT molecular complexity index is 849. The van der Waals surface area contributed by atoms with Gasteiger partial charge in [-0.05, 0) is 38.1 Å². The van der Waals surface area contributed by atoms with E-state index in [0.717, 1.165) is 0 Å². The van der Waals surface area contributed by atoms with Crippen molar-refractivity contribution in [3.05, 3.63) is 52.5 Å². The van der Waals surface area contributed by atoms with Crippen molar-refractivity contribution in [3.63, 3.8) is 0 Å². The number of nitrogens with zero attached hydrogens (tertiary/aromatic N) is 1. The van der Waals surface area contributed by atoms with Crippen LogP contribution in [0.3, 0.4) is 0 Å². The molecule has 2 amide bonds. The Morgan fingerprint density at radius 2 is 1.88 bits per heavy atom. The third-order valence-corrected chi connectivity index (χ3v) is 4.43. The van der Waals surface area contributed by atoms with E-state index in [1.54, 1.807) is 35.2 Å². The Labute approximate surface area is 156 Å². The van der Waals surface area contributed by atoms with Crippen LogP contribution in [0.15, 0.2) is 36.4 Å². The van der Waals surface area contributed by atoms with E-state index < -0.39 is 0 Å². The fraction of sp³-hybridized carbons (Fsp3) is 0.263. The molecule has 0 spiro atoms. The van der Waals surface area contributed by atoms with Gasteiger partial charge in [-0.2, -0.15) is 0 Å². The van der Waals surface area contributed by atoms with E-state index in [4.69, 9.17) is 21.1 Å². The molecule has 1 N–H and O–H groups in total. The molecule has 0 saturated carbocycles. The van der Waals surface area contributed by atoms with Gasteiger partial charge < -0.3 is 19.7 Å². The molecule has 1 aliphatic heterocycles. The summed E-state index contributed by atoms with van der Waals surface area (Å²) in [7, 11) is 0. The lowest BCUT2D eigenvalue weighted by molar-refractivity contribution is 0.0774. The molecule has 3 rings (SSSR count). The van der Waals surface area contributed by atoms with Gasteiger partial charge in [-0.3, -0.25) is 9.59 Å². The summed E-state index contributed by atoms with van der Waals surface area (Å²) in [6, 6.07) is 10.0. The molecule has 2 aromatic rings. The molecule has 26 heavy (non-hydrogen) atoms. The van der Waals surface area contributed by atoms with Crippen molar-refractivity contribution in [2.75, 3.05) is 25.2 Å². The number of carbonyl (C=O) groups is 2. The van der Waals surface area contributed by atoms with Crippen LogP contribution in [-0.2, 0) is 0 Å². The van der Waals surface area contributed by atoms with Crippen molar-refractivity contribution >= 4 is 29.1 Å². The van der Waals surface area contributed by atoms with Crippen LogP contribution in [0.5, 0.6) is 11.5 Å². The summed E-state index contributed by atoms with van der Waals surface area (Å²) in [6.07, 6.45) is 0. The first-order chi connectivity index (χ1) is 12.5. The zero-order chi connectivity index (χ0) is 18.7. The molecule has 0 atom stereocenters. The second-order valence-electron chi connectivity index (χ2n) is 5.67. The largest absolute Gasteiger partial charge is 0.454 e. The molecular formula is C19H19ClN2O4. The molecule has 0 bridgehead atoms. The van der Waals surface area contributed by atoms with Crippen molar-refractivity contribution in [2.45, 2.75) is 13.8 Å². The minimum Gasteiger partial charge on any atom is -0.454 e. The fourth-order valence-electron chi connectivity index (χ4n) is 2.75. The fourth-order valence-corrected chi connectivity index (χ4v) is 3.02. The summed E-state index contributed by atoms with van der Waals surface area (Å²) in [6.45, 7) is 5.08. The van der Waals surface area contributed by atoms with Crippen molar-refractivity contribution in [2.24, 2.45) is 0 Å². The third kappa shape index (κ3) is 3.46. The maximum atomic E-state index is 12.7. The average Bonchev–Trinajstić information content (AvgIpc) is 3.12. The predicted octanol–water partition coefficient (Wildman–Crippen LogP) is 3.80. The van der Waals surface area contributed by atoms with Crippen molar-refractivity contribution in [1.29, 1.82) is 0 Å². The van der Waals surface area contributed by atoms with Crippen molar-refractivity contribution in [3.8, 4) is 11.5 Å². The highest BCUT2D eigenvalue weighted by Crippen LogP contribution is 2.39. The highest BCUT2D eigenvalue weighted by atomic mass is 35.5. The molecule has 0 fully saturated rings. The summed E-state index contributed by atoms with van der Waals surface area (Å²) < 4.78 is 10.5. The molecule has 2 aromatic carbocycles. The zero-order valence-electron chi connectivity index (χ0n) is 14.5. The monoisotopic (exact) mass is 374 g/mol. The number of para-hydroxylation sites is 1. The number of fused-ring (bicyclic) bond motifs is 1. The Morgan fingerprint density at radius 3 is 2.62 bits per heavy atom. The molecule has 1 heterocycles. The Kier molecular flexibility index (Phi) is 5.32. The highest BCUT2D eigenvalue weighted by Gasteiger charge is 2.22. The van der Waals surface area contributed by atoms with Gasteiger partial charge in [-0.25, -0.2) is 0 Å². The minimum atomic E-state index is -0.384. The quantitative estimate of drug-likeness (QED) is 0.864. The van der Waals surface area contributed by atoms with Crippen molar-refractivity contribution < 1.29 is 19.1 Å². The van der Waals surface area contributed by atoms with Crippen LogP contribution >= 0.6 is 11.6 Å². The summed E-state index contributed by atoms with van der Waals surface area (Å²) in [4.78, 5) is 27.0. The minimum absolute atomic E-state index is 0.0708. The van der Waals surface area contributed by atoms with Gasteiger partial charge in [0, 0.05) is 18.7 Å². The van der Waals surface area contributed by atoms with Crippen molar-refractivity contribution in [1.82, 2.24) is 4.90 Å². The molecule has 0 saturated heterocycles. The van der Waals surface area contributed by atoms with Crippen LogP contribution in [0.1, 0.15) is 34.6 Å². The van der Waals surface area contributed by atoms with Gasteiger partial charge in [-0.15, -0.1) is 0 Å². The first-order valence-corrected chi connectivity index (χ1v) is 8.71. The number of anilines is 1. The molecule has 136 valence electrons. The average molecular weight is 375 g/mol. The third-order valence-electron chi connectivity index (χ3n) is 4.15. The second kappa shape index (κ2) is 7.66. The van der Waals surface area contributed by atoms with Crippen LogP contribution in [0, 0.1) is 0 Å². The maximum absolute atomic E-state index is 12.7. The van der Waals surface area contributed by atoms with E-state index in [1.165, 1.54) is 6.07 Å². The highest BCUT2D eigenvalue weighted by molar-refractivity contribution is 6.33.